The Morgan fingerprint density at radius 2 is 1.88 bits per heavy atom. The minimum Gasteiger partial charge on any atom is -0.497 e. The van der Waals surface area contributed by atoms with Gasteiger partial charge in [0.05, 0.1) is 25.6 Å². The van der Waals surface area contributed by atoms with E-state index >= 15 is 0 Å². The van der Waals surface area contributed by atoms with E-state index in [0.717, 1.165) is 39.2 Å². The average molecular weight is 425 g/mol. The summed E-state index contributed by atoms with van der Waals surface area (Å²) >= 11 is 0. The molecule has 6 heteroatoms. The molecule has 0 saturated heterocycles. The van der Waals surface area contributed by atoms with E-state index in [9.17, 15) is 4.79 Å². The number of hydrazone groups is 1. The fraction of sp³-hybridized carbons (Fsp3) is 0.154. The molecule has 0 spiro atoms. The first-order valence-electron chi connectivity index (χ1n) is 10.5. The predicted molar refractivity (Wildman–Crippen MR) is 125 cm³/mol. The molecule has 2 heterocycles. The number of nitrogens with one attached hydrogen (secondary N) is 1. The third-order valence-electron chi connectivity index (χ3n) is 5.65. The first-order valence-corrected chi connectivity index (χ1v) is 10.5. The molecular formula is C26H23N3O3. The summed E-state index contributed by atoms with van der Waals surface area (Å²) in [6.45, 7) is 0.134. The van der Waals surface area contributed by atoms with Gasteiger partial charge in [0.2, 0.25) is 0 Å². The van der Waals surface area contributed by atoms with Crippen molar-refractivity contribution < 1.29 is 13.9 Å². The van der Waals surface area contributed by atoms with E-state index in [0.29, 0.717) is 6.42 Å². The Morgan fingerprint density at radius 1 is 1.06 bits per heavy atom. The van der Waals surface area contributed by atoms with Crippen LogP contribution in [0.3, 0.4) is 0 Å². The second kappa shape index (κ2) is 8.59. The highest BCUT2D eigenvalue weighted by Crippen LogP contribution is 2.33. The first kappa shape index (κ1) is 19.9. The second-order valence-corrected chi connectivity index (χ2v) is 7.66. The lowest BCUT2D eigenvalue weighted by atomic mass is 10.0. The van der Waals surface area contributed by atoms with Crippen LogP contribution in [0.2, 0.25) is 0 Å². The molecule has 0 aliphatic carbocycles. The van der Waals surface area contributed by atoms with Crippen molar-refractivity contribution in [2.24, 2.45) is 5.10 Å². The first-order chi connectivity index (χ1) is 15.7. The molecule has 4 aromatic rings. The summed E-state index contributed by atoms with van der Waals surface area (Å²) in [5.74, 6) is 1.38. The lowest BCUT2D eigenvalue weighted by molar-refractivity contribution is -0.131. The fourth-order valence-electron chi connectivity index (χ4n) is 3.96. The molecule has 0 fully saturated rings. The van der Waals surface area contributed by atoms with Gasteiger partial charge in [0.25, 0.3) is 5.91 Å². The van der Waals surface area contributed by atoms with E-state index < -0.39 is 0 Å². The van der Waals surface area contributed by atoms with Crippen molar-refractivity contribution in [3.05, 3.63) is 96.4 Å². The van der Waals surface area contributed by atoms with Gasteiger partial charge in [-0.2, -0.15) is 5.10 Å². The number of hydrogen-bond donors (Lipinski definition) is 1. The van der Waals surface area contributed by atoms with E-state index in [1.165, 1.54) is 5.01 Å². The number of rotatable bonds is 6. The zero-order valence-corrected chi connectivity index (χ0v) is 17.7. The molecule has 3 aromatic carbocycles. The Kier molecular flexibility index (Phi) is 5.34. The number of carbonyl (C=O) groups is 1. The second-order valence-electron chi connectivity index (χ2n) is 7.66. The van der Waals surface area contributed by atoms with Gasteiger partial charge in [-0.05, 0) is 64.9 Å². The zero-order chi connectivity index (χ0) is 21.9. The van der Waals surface area contributed by atoms with Crippen molar-refractivity contribution in [2.75, 3.05) is 19.0 Å². The molecular weight excluding hydrogens is 402 g/mol. The summed E-state index contributed by atoms with van der Waals surface area (Å²) in [6.07, 6.45) is 2.21. The molecule has 1 aliphatic rings. The van der Waals surface area contributed by atoms with Crippen molar-refractivity contribution in [2.45, 2.75) is 12.5 Å². The maximum atomic E-state index is 13.2. The minimum atomic E-state index is -0.270. The van der Waals surface area contributed by atoms with E-state index in [4.69, 9.17) is 9.15 Å². The maximum Gasteiger partial charge on any atom is 0.262 e. The van der Waals surface area contributed by atoms with Crippen LogP contribution in [-0.2, 0) is 4.79 Å². The van der Waals surface area contributed by atoms with Crippen LogP contribution in [0.1, 0.15) is 23.8 Å². The maximum absolute atomic E-state index is 13.2. The molecule has 1 aliphatic heterocycles. The molecule has 1 aromatic heterocycles. The standard InChI is InChI=1S/C26H23N3O3/c1-31-22-12-9-19(10-13-22)23-16-24(25-7-4-14-32-25)29(28-23)26(30)17-27-21-11-8-18-5-2-3-6-20(18)15-21/h2-15,24,27H,16-17H2,1H3/t24-/m1/s1. The van der Waals surface area contributed by atoms with E-state index in [1.807, 2.05) is 66.7 Å². The quantitative estimate of drug-likeness (QED) is 0.459. The topological polar surface area (TPSA) is 67.1 Å². The normalized spacial score (nSPS) is 15.6. The van der Waals surface area contributed by atoms with Gasteiger partial charge in [0.15, 0.2) is 0 Å². The zero-order valence-electron chi connectivity index (χ0n) is 17.7. The van der Waals surface area contributed by atoms with Gasteiger partial charge in [0, 0.05) is 12.1 Å². The Bertz CT molecular complexity index is 1260. The molecule has 0 bridgehead atoms. The lowest BCUT2D eigenvalue weighted by Gasteiger charge is -2.20. The number of hydrogen-bond acceptors (Lipinski definition) is 5. The molecule has 0 saturated carbocycles. The Morgan fingerprint density at radius 3 is 2.62 bits per heavy atom. The molecule has 5 rings (SSSR count). The summed E-state index contributed by atoms with van der Waals surface area (Å²) in [6, 6.07) is 25.4. The Hall–Kier alpha value is -4.06. The summed E-state index contributed by atoms with van der Waals surface area (Å²) in [4.78, 5) is 13.2. The van der Waals surface area contributed by atoms with Crippen molar-refractivity contribution in [1.29, 1.82) is 0 Å². The van der Waals surface area contributed by atoms with Crippen molar-refractivity contribution >= 4 is 28.1 Å². The van der Waals surface area contributed by atoms with E-state index in [-0.39, 0.29) is 18.5 Å². The molecule has 0 unspecified atom stereocenters. The number of methoxy groups -OCH3 is 1. The highest BCUT2D eigenvalue weighted by atomic mass is 16.5. The van der Waals surface area contributed by atoms with Crippen LogP contribution < -0.4 is 10.1 Å². The number of carbonyl (C=O) groups excluding carboxylic acids is 1. The van der Waals surface area contributed by atoms with Gasteiger partial charge in [-0.3, -0.25) is 4.79 Å². The number of ether oxygens (including phenoxy) is 1. The summed E-state index contributed by atoms with van der Waals surface area (Å²) in [5.41, 5.74) is 2.69. The van der Waals surface area contributed by atoms with Crippen LogP contribution in [0, 0.1) is 0 Å². The molecule has 1 amide bonds. The van der Waals surface area contributed by atoms with Crippen LogP contribution >= 0.6 is 0 Å². The van der Waals surface area contributed by atoms with Crippen molar-refractivity contribution in [1.82, 2.24) is 5.01 Å². The summed E-state index contributed by atoms with van der Waals surface area (Å²) in [5, 5.41) is 11.7. The van der Waals surface area contributed by atoms with Crippen LogP contribution in [-0.4, -0.2) is 30.3 Å². The number of fused-ring (bicyclic) bond motifs is 1. The monoisotopic (exact) mass is 425 g/mol. The van der Waals surface area contributed by atoms with Crippen LogP contribution in [0.15, 0.2) is 94.6 Å². The SMILES string of the molecule is COc1ccc(C2=NN(C(=O)CNc3ccc4ccccc4c3)[C@@H](c3ccco3)C2)cc1. The van der Waals surface area contributed by atoms with Crippen molar-refractivity contribution in [3.8, 4) is 5.75 Å². The largest absolute Gasteiger partial charge is 0.497 e. The predicted octanol–water partition coefficient (Wildman–Crippen LogP) is 5.23. The Balaban J connectivity index is 1.36. The summed E-state index contributed by atoms with van der Waals surface area (Å²) < 4.78 is 10.9. The summed E-state index contributed by atoms with van der Waals surface area (Å²) in [7, 11) is 1.64. The number of benzene rings is 3. The highest BCUT2D eigenvalue weighted by Gasteiger charge is 2.34. The third kappa shape index (κ3) is 3.95. The van der Waals surface area contributed by atoms with Gasteiger partial charge in [-0.1, -0.05) is 30.3 Å². The molecule has 160 valence electrons. The number of anilines is 1. The van der Waals surface area contributed by atoms with Gasteiger partial charge in [0.1, 0.15) is 17.6 Å². The lowest BCUT2D eigenvalue weighted by Crippen LogP contribution is -2.32. The van der Waals surface area contributed by atoms with Crippen LogP contribution in [0.4, 0.5) is 5.69 Å². The third-order valence-corrected chi connectivity index (χ3v) is 5.65. The fourth-order valence-corrected chi connectivity index (χ4v) is 3.96. The van der Waals surface area contributed by atoms with Crippen molar-refractivity contribution in [3.63, 3.8) is 0 Å². The van der Waals surface area contributed by atoms with Gasteiger partial charge in [-0.25, -0.2) is 5.01 Å². The number of nitrogens with zero attached hydrogens (tertiary/aromatic N) is 2. The smallest absolute Gasteiger partial charge is 0.262 e. The Labute approximate surface area is 186 Å². The average Bonchev–Trinajstić information content (AvgIpc) is 3.53. The minimum absolute atomic E-state index is 0.122. The highest BCUT2D eigenvalue weighted by molar-refractivity contribution is 6.03. The number of furan rings is 1. The number of amides is 1. The molecule has 1 N–H and O–H groups in total. The van der Waals surface area contributed by atoms with E-state index in [1.54, 1.807) is 13.4 Å². The van der Waals surface area contributed by atoms with E-state index in [2.05, 4.69) is 22.6 Å². The molecule has 1 atom stereocenters. The van der Waals surface area contributed by atoms with Gasteiger partial charge < -0.3 is 14.5 Å². The molecule has 0 radical (unpaired) electrons. The van der Waals surface area contributed by atoms with Gasteiger partial charge >= 0.3 is 0 Å². The van der Waals surface area contributed by atoms with Crippen LogP contribution in [0.25, 0.3) is 10.8 Å². The molecule has 32 heavy (non-hydrogen) atoms. The van der Waals surface area contributed by atoms with Crippen LogP contribution in [0.5, 0.6) is 5.75 Å². The molecule has 6 nitrogen and oxygen atoms in total. The van der Waals surface area contributed by atoms with Gasteiger partial charge in [-0.15, -0.1) is 0 Å².